The van der Waals surface area contributed by atoms with Crippen LogP contribution in [-0.4, -0.2) is 68.9 Å². The molecule has 0 spiro atoms. The monoisotopic (exact) mass is 522 g/mol. The molecule has 2 N–H and O–H groups in total. The van der Waals surface area contributed by atoms with Gasteiger partial charge in [-0.1, -0.05) is 12.1 Å². The van der Waals surface area contributed by atoms with Gasteiger partial charge in [-0.2, -0.15) is 0 Å². The van der Waals surface area contributed by atoms with Crippen LogP contribution in [-0.2, 0) is 16.3 Å². The average molecular weight is 522 g/mol. The number of nitrogens with one attached hydrogen (secondary N) is 2. The molecule has 2 rings (SSSR count). The van der Waals surface area contributed by atoms with E-state index in [0.29, 0.717) is 38.2 Å². The van der Waals surface area contributed by atoms with Gasteiger partial charge >= 0.3 is 0 Å². The number of carbonyl (C=O) groups is 1. The molecular formula is C19H31IN4O3S. The molecule has 1 aliphatic rings. The Morgan fingerprint density at radius 1 is 1.32 bits per heavy atom. The molecule has 1 aliphatic heterocycles. The van der Waals surface area contributed by atoms with Crippen molar-refractivity contribution in [2.45, 2.75) is 31.9 Å². The van der Waals surface area contributed by atoms with Gasteiger partial charge in [0, 0.05) is 38.8 Å². The van der Waals surface area contributed by atoms with E-state index >= 15 is 0 Å². The first-order valence-electron chi connectivity index (χ1n) is 9.27. The summed E-state index contributed by atoms with van der Waals surface area (Å²) in [5.41, 5.74) is 1.67. The third-order valence-corrected chi connectivity index (χ3v) is 7.29. The van der Waals surface area contributed by atoms with Gasteiger partial charge in [0.1, 0.15) is 0 Å². The van der Waals surface area contributed by atoms with Crippen LogP contribution in [0.1, 0.15) is 36.7 Å². The first-order valence-corrected chi connectivity index (χ1v) is 10.9. The summed E-state index contributed by atoms with van der Waals surface area (Å²) in [6.45, 7) is 7.67. The second-order valence-corrected chi connectivity index (χ2v) is 10.0. The summed E-state index contributed by atoms with van der Waals surface area (Å²) >= 11 is 0. The summed E-state index contributed by atoms with van der Waals surface area (Å²) in [6.07, 6.45) is 0.704. The number of carbonyl (C=O) groups excluding carboxylic acids is 1. The largest absolute Gasteiger partial charge is 0.357 e. The van der Waals surface area contributed by atoms with Gasteiger partial charge in [0.05, 0.1) is 10.5 Å². The highest BCUT2D eigenvalue weighted by Crippen LogP contribution is 2.23. The topological polar surface area (TPSA) is 90.9 Å². The van der Waals surface area contributed by atoms with Gasteiger partial charge in [0.15, 0.2) is 15.8 Å². The van der Waals surface area contributed by atoms with Crippen LogP contribution in [0.25, 0.3) is 0 Å². The van der Waals surface area contributed by atoms with Crippen molar-refractivity contribution in [3.8, 4) is 0 Å². The highest BCUT2D eigenvalue weighted by atomic mass is 127. The predicted molar refractivity (Wildman–Crippen MR) is 124 cm³/mol. The number of rotatable bonds is 5. The Hall–Kier alpha value is -1.36. The number of hydrogen-bond acceptors (Lipinski definition) is 4. The Morgan fingerprint density at radius 3 is 2.64 bits per heavy atom. The lowest BCUT2D eigenvalue weighted by Crippen LogP contribution is -2.57. The molecule has 1 aromatic rings. The van der Waals surface area contributed by atoms with Gasteiger partial charge in [0.25, 0.3) is 5.91 Å². The molecular weight excluding hydrogens is 491 g/mol. The lowest BCUT2D eigenvalue weighted by atomic mass is 10.1. The van der Waals surface area contributed by atoms with Crippen molar-refractivity contribution in [1.82, 2.24) is 15.5 Å². The zero-order valence-electron chi connectivity index (χ0n) is 17.0. The minimum Gasteiger partial charge on any atom is -0.357 e. The van der Waals surface area contributed by atoms with Gasteiger partial charge in [-0.15, -0.1) is 24.0 Å². The predicted octanol–water partition coefficient (Wildman–Crippen LogP) is 1.68. The molecule has 0 aromatic heterocycles. The second kappa shape index (κ2) is 10.4. The number of guanidine groups is 1. The van der Waals surface area contributed by atoms with Crippen LogP contribution in [0.4, 0.5) is 0 Å². The fraction of sp³-hybridized carbons (Fsp3) is 0.579. The molecule has 1 amide bonds. The average Bonchev–Trinajstić information content (AvgIpc) is 2.63. The Labute approximate surface area is 185 Å². The lowest BCUT2D eigenvalue weighted by molar-refractivity contribution is 0.0963. The molecule has 28 heavy (non-hydrogen) atoms. The van der Waals surface area contributed by atoms with E-state index in [0.717, 1.165) is 11.5 Å². The summed E-state index contributed by atoms with van der Waals surface area (Å²) in [7, 11) is -1.47. The van der Waals surface area contributed by atoms with Crippen molar-refractivity contribution in [1.29, 1.82) is 0 Å². The maximum atomic E-state index is 12.2. The second-order valence-electron chi connectivity index (χ2n) is 7.27. The first-order chi connectivity index (χ1) is 12.7. The summed E-state index contributed by atoms with van der Waals surface area (Å²) in [5, 5.41) is 5.88. The molecule has 0 atom stereocenters. The molecule has 1 fully saturated rings. The highest BCUT2D eigenvalue weighted by Gasteiger charge is 2.40. The molecule has 0 saturated carbocycles. The van der Waals surface area contributed by atoms with E-state index in [9.17, 15) is 13.2 Å². The Bertz CT molecular complexity index is 809. The maximum Gasteiger partial charge on any atom is 0.251 e. The molecule has 0 unspecified atom stereocenters. The van der Waals surface area contributed by atoms with E-state index < -0.39 is 14.6 Å². The van der Waals surface area contributed by atoms with Crippen molar-refractivity contribution in [2.24, 2.45) is 4.99 Å². The summed E-state index contributed by atoms with van der Waals surface area (Å²) in [5.74, 6) is 0.770. The van der Waals surface area contributed by atoms with Crippen molar-refractivity contribution < 1.29 is 13.2 Å². The zero-order valence-corrected chi connectivity index (χ0v) is 20.1. The Balaban J connectivity index is 0.00000392. The number of aliphatic imine (C=N–C) groups is 1. The lowest BCUT2D eigenvalue weighted by Gasteiger charge is -2.39. The van der Waals surface area contributed by atoms with Crippen LogP contribution < -0.4 is 10.6 Å². The van der Waals surface area contributed by atoms with Gasteiger partial charge in [-0.05, 0) is 44.9 Å². The van der Waals surface area contributed by atoms with E-state index in [1.807, 2.05) is 30.0 Å². The van der Waals surface area contributed by atoms with Gasteiger partial charge < -0.3 is 15.5 Å². The van der Waals surface area contributed by atoms with Crippen LogP contribution in [0.15, 0.2) is 29.3 Å². The summed E-state index contributed by atoms with van der Waals surface area (Å²) in [4.78, 5) is 18.4. The highest BCUT2D eigenvalue weighted by molar-refractivity contribution is 14.0. The molecule has 158 valence electrons. The van der Waals surface area contributed by atoms with Crippen LogP contribution in [0, 0.1) is 0 Å². The standard InChI is InChI=1S/C19H30N4O3S.HI/c1-5-21-18(23-11-12-27(25,26)19(2,3)14-23)22-10-9-15-7-6-8-16(13-15)17(24)20-4;/h6-8,13H,5,9-12,14H2,1-4H3,(H,20,24)(H,21,22);1H. The molecule has 0 radical (unpaired) electrons. The van der Waals surface area contributed by atoms with Gasteiger partial charge in [-0.3, -0.25) is 9.79 Å². The Morgan fingerprint density at radius 2 is 2.04 bits per heavy atom. The van der Waals surface area contributed by atoms with Crippen molar-refractivity contribution >= 4 is 45.7 Å². The van der Waals surface area contributed by atoms with Crippen molar-refractivity contribution in [3.05, 3.63) is 35.4 Å². The Kier molecular flexibility index (Phi) is 9.19. The molecule has 0 bridgehead atoms. The SMILES string of the molecule is CCNC(=NCCc1cccc(C(=O)NC)c1)N1CCS(=O)(=O)C(C)(C)C1.I. The molecule has 1 saturated heterocycles. The molecule has 1 heterocycles. The minimum atomic E-state index is -3.08. The fourth-order valence-corrected chi connectivity index (χ4v) is 4.42. The first kappa shape index (κ1) is 24.7. The molecule has 7 nitrogen and oxygen atoms in total. The van der Waals surface area contributed by atoms with E-state index in [1.165, 1.54) is 0 Å². The summed E-state index contributed by atoms with van der Waals surface area (Å²) in [6, 6.07) is 7.50. The molecule has 1 aromatic carbocycles. The zero-order chi connectivity index (χ0) is 20.1. The smallest absolute Gasteiger partial charge is 0.251 e. The van der Waals surface area contributed by atoms with Crippen LogP contribution in [0.5, 0.6) is 0 Å². The summed E-state index contributed by atoms with van der Waals surface area (Å²) < 4.78 is 23.7. The fourth-order valence-electron chi connectivity index (χ4n) is 3.05. The number of hydrogen-bond donors (Lipinski definition) is 2. The van der Waals surface area contributed by atoms with Crippen molar-refractivity contribution in [2.75, 3.05) is 39.0 Å². The minimum absolute atomic E-state index is 0. The number of nitrogens with zero attached hydrogens (tertiary/aromatic N) is 2. The molecule has 9 heteroatoms. The van der Waals surface area contributed by atoms with Crippen LogP contribution >= 0.6 is 24.0 Å². The number of benzene rings is 1. The van der Waals surface area contributed by atoms with Crippen LogP contribution in [0.3, 0.4) is 0 Å². The van der Waals surface area contributed by atoms with E-state index in [1.54, 1.807) is 27.0 Å². The number of halogens is 1. The third-order valence-electron chi connectivity index (χ3n) is 4.76. The molecule has 0 aliphatic carbocycles. The number of sulfone groups is 1. The maximum absolute atomic E-state index is 12.2. The van der Waals surface area contributed by atoms with Crippen LogP contribution in [0.2, 0.25) is 0 Å². The normalized spacial score (nSPS) is 18.1. The number of amides is 1. The third kappa shape index (κ3) is 6.07. The van der Waals surface area contributed by atoms with E-state index in [4.69, 9.17) is 0 Å². The quantitative estimate of drug-likeness (QED) is 0.349. The van der Waals surface area contributed by atoms with Gasteiger partial charge in [-0.25, -0.2) is 8.42 Å². The van der Waals surface area contributed by atoms with Gasteiger partial charge in [0.2, 0.25) is 0 Å². The van der Waals surface area contributed by atoms with E-state index in [2.05, 4.69) is 15.6 Å². The van der Waals surface area contributed by atoms with Crippen molar-refractivity contribution in [3.63, 3.8) is 0 Å². The van der Waals surface area contributed by atoms with E-state index in [-0.39, 0.29) is 35.6 Å².